The summed E-state index contributed by atoms with van der Waals surface area (Å²) >= 11 is 0. The summed E-state index contributed by atoms with van der Waals surface area (Å²) in [4.78, 5) is 60.3. The Hall–Kier alpha value is -7.03. The molecular weight excluding hydrogens is 850 g/mol. The highest BCUT2D eigenvalue weighted by molar-refractivity contribution is 5.97. The lowest BCUT2D eigenvalue weighted by Crippen LogP contribution is -2.28. The number of nitrogens with two attached hydrogens (primary N) is 1. The van der Waals surface area contributed by atoms with E-state index in [4.69, 9.17) is 25.4 Å². The van der Waals surface area contributed by atoms with Gasteiger partial charge in [-0.3, -0.25) is 23.7 Å². The van der Waals surface area contributed by atoms with Crippen LogP contribution in [0.25, 0.3) is 22.1 Å². The maximum atomic E-state index is 13.9. The maximum Gasteiger partial charge on any atom is 0.490 e. The molecule has 4 aromatic heterocycles. The third kappa shape index (κ3) is 11.0. The van der Waals surface area contributed by atoms with Crippen molar-refractivity contribution in [3.05, 3.63) is 99.3 Å². The van der Waals surface area contributed by atoms with Gasteiger partial charge in [0.25, 0.3) is 11.8 Å². The van der Waals surface area contributed by atoms with Crippen molar-refractivity contribution in [1.29, 1.82) is 0 Å². The predicted octanol–water partition coefficient (Wildman–Crippen LogP) is 4.90. The summed E-state index contributed by atoms with van der Waals surface area (Å²) in [5.41, 5.74) is 14.2. The van der Waals surface area contributed by atoms with Gasteiger partial charge < -0.3 is 38.7 Å². The van der Waals surface area contributed by atoms with Crippen molar-refractivity contribution in [2.75, 3.05) is 27.2 Å². The van der Waals surface area contributed by atoms with Gasteiger partial charge in [0.1, 0.15) is 22.7 Å². The number of aliphatic carboxylic acids is 1. The number of alkyl halides is 3. The van der Waals surface area contributed by atoms with Crippen molar-refractivity contribution in [1.82, 2.24) is 42.7 Å². The van der Waals surface area contributed by atoms with Gasteiger partial charge in [-0.15, -0.1) is 0 Å². The van der Waals surface area contributed by atoms with Crippen LogP contribution in [-0.4, -0.2) is 105 Å². The molecule has 0 atom stereocenters. The Balaban J connectivity index is 0.00000105. The van der Waals surface area contributed by atoms with Crippen molar-refractivity contribution in [2.45, 2.75) is 80.3 Å². The Morgan fingerprint density at radius 1 is 0.785 bits per heavy atom. The number of carbonyl (C=O) groups excluding carboxylic acids is 3. The van der Waals surface area contributed by atoms with E-state index in [1.165, 1.54) is 0 Å². The number of nitrogens with zero attached hydrogens (tertiary/aromatic N) is 11. The van der Waals surface area contributed by atoms with Gasteiger partial charge in [-0.1, -0.05) is 17.2 Å². The van der Waals surface area contributed by atoms with Crippen molar-refractivity contribution >= 4 is 45.8 Å². The van der Waals surface area contributed by atoms with Crippen LogP contribution in [0, 0.1) is 13.8 Å². The number of hydrogen-bond acceptors (Lipinski definition) is 8. The predicted molar refractivity (Wildman–Crippen MR) is 236 cm³/mol. The normalized spacial score (nSPS) is 12.8. The molecule has 2 aromatic carbocycles. The molecule has 6 aromatic rings. The number of imidazole rings is 2. The van der Waals surface area contributed by atoms with Gasteiger partial charge in [0.05, 0.1) is 34.5 Å². The molecule has 0 aliphatic carbocycles. The summed E-state index contributed by atoms with van der Waals surface area (Å²) in [5, 5.41) is 16.1. The van der Waals surface area contributed by atoms with E-state index in [2.05, 4.69) is 20.1 Å². The average Bonchev–Trinajstić information content (AvgIpc) is 3.97. The Morgan fingerprint density at radius 3 is 1.78 bits per heavy atom. The molecule has 0 radical (unpaired) electrons. The molecule has 4 heterocycles. The van der Waals surface area contributed by atoms with Crippen LogP contribution in [0.15, 0.2) is 69.7 Å². The van der Waals surface area contributed by atoms with Crippen LogP contribution in [0.4, 0.5) is 13.2 Å². The van der Waals surface area contributed by atoms with Crippen LogP contribution in [0.1, 0.15) is 76.8 Å². The number of fused-ring (bicyclic) bond motifs is 2. The van der Waals surface area contributed by atoms with Gasteiger partial charge in [-0.05, 0) is 105 Å². The summed E-state index contributed by atoms with van der Waals surface area (Å²) in [7, 11) is 7.78. The molecule has 0 spiro atoms. The number of halogens is 3. The minimum absolute atomic E-state index is 0.344. The lowest BCUT2D eigenvalue weighted by atomic mass is 10.1. The number of carbonyl (C=O) groups is 4. The number of para-hydroxylation sites is 1. The van der Waals surface area contributed by atoms with E-state index >= 15 is 0 Å². The number of primary amides is 1. The van der Waals surface area contributed by atoms with Gasteiger partial charge in [-0.25, -0.2) is 4.79 Å². The van der Waals surface area contributed by atoms with Crippen molar-refractivity contribution in [2.24, 2.45) is 29.8 Å². The number of allylic oxidation sites excluding steroid dienone is 2. The molecule has 3 amide bonds. The van der Waals surface area contributed by atoms with Crippen molar-refractivity contribution in [3.8, 4) is 5.75 Å². The first-order valence-electron chi connectivity index (χ1n) is 20.7. The molecule has 348 valence electrons. The maximum absolute atomic E-state index is 13.9. The molecule has 0 saturated heterocycles. The first-order chi connectivity index (χ1) is 30.6. The minimum Gasteiger partial charge on any atom is -0.491 e. The van der Waals surface area contributed by atoms with Crippen molar-refractivity contribution in [3.63, 3.8) is 0 Å². The molecule has 65 heavy (non-hydrogen) atoms. The van der Waals surface area contributed by atoms with Crippen LogP contribution in [-0.2, 0) is 45.1 Å². The summed E-state index contributed by atoms with van der Waals surface area (Å²) in [6.45, 7) is 14.8. The van der Waals surface area contributed by atoms with Crippen LogP contribution in [0.3, 0.4) is 0 Å². The second kappa shape index (κ2) is 20.2. The monoisotopic (exact) mass is 904 g/mol. The molecule has 0 bridgehead atoms. The summed E-state index contributed by atoms with van der Waals surface area (Å²) in [6.07, 6.45) is -4.25. The number of carboxylic acids is 1. The van der Waals surface area contributed by atoms with E-state index in [1.54, 1.807) is 38.2 Å². The molecule has 0 aliphatic rings. The summed E-state index contributed by atoms with van der Waals surface area (Å²) in [6, 6.07) is 14.6. The molecule has 18 nitrogen and oxygen atoms in total. The number of hydrogen-bond donors (Lipinski definition) is 2. The summed E-state index contributed by atoms with van der Waals surface area (Å²) in [5.74, 6) is -3.45. The number of amides is 3. The third-order valence-corrected chi connectivity index (χ3v) is 10.6. The molecular formula is C44H55F3N12O6. The van der Waals surface area contributed by atoms with Crippen LogP contribution in [0.5, 0.6) is 5.75 Å². The highest BCUT2D eigenvalue weighted by Crippen LogP contribution is 2.27. The van der Waals surface area contributed by atoms with Gasteiger partial charge >= 0.3 is 12.1 Å². The van der Waals surface area contributed by atoms with Gasteiger partial charge in [-0.2, -0.15) is 33.4 Å². The SMILES string of the molecule is CCn1nc(C)cc1C(=O)/N=c1\n(C)c2cc(C(N)=O)ccc2n1C/C(C)=C(\C)Cn1/c(=N/C(=O)c2cc(C)nn2CC)n(C)c2cccc(OCCCN(C)C)c21.O=C(O)C(F)(F)F. The Bertz CT molecular complexity index is 2960. The molecule has 6 rings (SSSR count). The average molecular weight is 905 g/mol. The largest absolute Gasteiger partial charge is 0.491 e. The van der Waals surface area contributed by atoms with Gasteiger partial charge in [0, 0.05) is 52.4 Å². The first-order valence-corrected chi connectivity index (χ1v) is 20.7. The standard InChI is InChI=1S/C42H54N12O4.C2HF3O2/c1-11-53-34(21-28(5)46-53)39(56)44-41-50(10)33-23-30(38(43)55)17-18-31(33)51(41)24-26(3)27(4)25-52-37-32(15-13-16-36(37)58-20-14-19-48(7)8)49(9)42(52)45-40(57)35-22-29(6)47-54(35)12-2;3-2(4,5)1(6)7/h13,15-18,21-23H,11-12,14,19-20,24-25H2,1-10H3,(H2,43,55);(H,6,7)/b27-26+,44-41+,45-42+;. The second-order valence-electron chi connectivity index (χ2n) is 15.8. The highest BCUT2D eigenvalue weighted by Gasteiger charge is 2.38. The minimum atomic E-state index is -5.08. The number of rotatable bonds is 14. The van der Waals surface area contributed by atoms with Crippen LogP contribution >= 0.6 is 0 Å². The fraction of sp³-hybridized carbons (Fsp3) is 0.409. The van der Waals surface area contributed by atoms with E-state index < -0.39 is 29.9 Å². The number of aryl methyl sites for hydroxylation is 6. The van der Waals surface area contributed by atoms with Crippen LogP contribution < -0.4 is 21.7 Å². The smallest absolute Gasteiger partial charge is 0.490 e. The Labute approximate surface area is 372 Å². The zero-order valence-electron chi connectivity index (χ0n) is 38.2. The molecule has 0 aliphatic heterocycles. The molecule has 0 unspecified atom stereocenters. The Kier molecular flexibility index (Phi) is 15.2. The van der Waals surface area contributed by atoms with E-state index in [-0.39, 0.29) is 0 Å². The quantitative estimate of drug-likeness (QED) is 0.112. The second-order valence-corrected chi connectivity index (χ2v) is 15.8. The number of ether oxygens (including phenoxy) is 1. The van der Waals surface area contributed by atoms with Gasteiger partial charge in [0.2, 0.25) is 17.1 Å². The van der Waals surface area contributed by atoms with Crippen LogP contribution in [0.2, 0.25) is 0 Å². The lowest BCUT2D eigenvalue weighted by Gasteiger charge is -2.14. The van der Waals surface area contributed by atoms with E-state index in [0.29, 0.717) is 72.2 Å². The topological polar surface area (TPSA) is 207 Å². The molecule has 3 N–H and O–H groups in total. The fourth-order valence-electron chi connectivity index (χ4n) is 7.23. The molecule has 0 saturated carbocycles. The van der Waals surface area contributed by atoms with Gasteiger partial charge in [0.15, 0.2) is 0 Å². The number of benzene rings is 2. The zero-order chi connectivity index (χ0) is 48.1. The van der Waals surface area contributed by atoms with Crippen molar-refractivity contribution < 1.29 is 42.2 Å². The number of aromatic nitrogens is 8. The zero-order valence-corrected chi connectivity index (χ0v) is 38.2. The van der Waals surface area contributed by atoms with E-state index in [1.807, 2.05) is 108 Å². The number of carboxylic acid groups (broad SMARTS) is 1. The fourth-order valence-corrected chi connectivity index (χ4v) is 7.23. The molecule has 0 fully saturated rings. The summed E-state index contributed by atoms with van der Waals surface area (Å²) < 4.78 is 49.2. The molecule has 21 heteroatoms. The first kappa shape index (κ1) is 49.0. The van der Waals surface area contributed by atoms with E-state index in [9.17, 15) is 27.6 Å². The highest BCUT2D eigenvalue weighted by atomic mass is 19.4. The lowest BCUT2D eigenvalue weighted by molar-refractivity contribution is -0.192. The van der Waals surface area contributed by atoms with E-state index in [0.717, 1.165) is 52.0 Å². The third-order valence-electron chi connectivity index (χ3n) is 10.6. The Morgan fingerprint density at radius 2 is 1.29 bits per heavy atom.